The number of hydrazone groups is 1. The first-order valence-corrected chi connectivity index (χ1v) is 5.84. The Labute approximate surface area is 98.6 Å². The molecule has 1 aliphatic heterocycles. The number of rotatable bonds is 5. The van der Waals surface area contributed by atoms with E-state index in [0.717, 1.165) is 39.3 Å². The molecule has 0 radical (unpaired) electrons. The Morgan fingerprint density at radius 2 is 1.88 bits per heavy atom. The van der Waals surface area contributed by atoms with Crippen molar-refractivity contribution in [2.45, 2.75) is 13.3 Å². The van der Waals surface area contributed by atoms with Crippen LogP contribution in [-0.4, -0.2) is 74.7 Å². The maximum atomic E-state index is 5.29. The summed E-state index contributed by atoms with van der Waals surface area (Å²) in [7, 11) is 6.19. The summed E-state index contributed by atoms with van der Waals surface area (Å²) in [5, 5.41) is 11.0. The van der Waals surface area contributed by atoms with Crippen molar-refractivity contribution in [3.8, 4) is 0 Å². The van der Waals surface area contributed by atoms with Crippen LogP contribution >= 0.6 is 0 Å². The molecular weight excluding hydrogens is 204 g/mol. The highest BCUT2D eigenvalue weighted by Gasteiger charge is 2.08. The molecule has 0 unspecified atom stereocenters. The van der Waals surface area contributed by atoms with Crippen molar-refractivity contribution in [2.24, 2.45) is 5.10 Å². The highest BCUT2D eigenvalue weighted by atomic mass is 16.5. The number of hydrogen-bond acceptors (Lipinski definition) is 5. The molecular formula is C11H24N4O. The molecule has 0 aliphatic carbocycles. The lowest BCUT2D eigenvalue weighted by atomic mass is 10.3. The minimum Gasteiger partial charge on any atom is -0.378 e. The van der Waals surface area contributed by atoms with Crippen LogP contribution in [0.3, 0.4) is 0 Å². The van der Waals surface area contributed by atoms with Gasteiger partial charge in [-0.2, -0.15) is 5.10 Å². The Morgan fingerprint density at radius 3 is 2.44 bits per heavy atom. The van der Waals surface area contributed by atoms with Crippen LogP contribution < -0.4 is 0 Å². The third-order valence-corrected chi connectivity index (χ3v) is 2.78. The summed E-state index contributed by atoms with van der Waals surface area (Å²) < 4.78 is 5.29. The van der Waals surface area contributed by atoms with Gasteiger partial charge in [-0.25, -0.2) is 10.0 Å². The van der Waals surface area contributed by atoms with E-state index in [-0.39, 0.29) is 0 Å². The van der Waals surface area contributed by atoms with Crippen LogP contribution in [0.4, 0.5) is 0 Å². The van der Waals surface area contributed by atoms with Crippen molar-refractivity contribution in [3.63, 3.8) is 0 Å². The van der Waals surface area contributed by atoms with Gasteiger partial charge in [-0.1, -0.05) is 0 Å². The summed E-state index contributed by atoms with van der Waals surface area (Å²) >= 11 is 0. The van der Waals surface area contributed by atoms with E-state index in [1.54, 1.807) is 0 Å². The van der Waals surface area contributed by atoms with Gasteiger partial charge in [0.25, 0.3) is 0 Å². The minimum atomic E-state index is 0.800. The SMILES string of the molecule is C/C(CCN(C)N(C)C)=N/N1CCOCC1. The molecule has 0 saturated carbocycles. The third-order valence-electron chi connectivity index (χ3n) is 2.78. The molecule has 0 amide bonds. The molecule has 94 valence electrons. The van der Waals surface area contributed by atoms with E-state index in [1.807, 2.05) is 0 Å². The molecule has 0 atom stereocenters. The smallest absolute Gasteiger partial charge is 0.0659 e. The zero-order chi connectivity index (χ0) is 12.0. The largest absolute Gasteiger partial charge is 0.378 e. The molecule has 0 aromatic heterocycles. The van der Waals surface area contributed by atoms with Crippen LogP contribution in [0.2, 0.25) is 0 Å². The van der Waals surface area contributed by atoms with Gasteiger partial charge in [0.2, 0.25) is 0 Å². The molecule has 16 heavy (non-hydrogen) atoms. The summed E-state index contributed by atoms with van der Waals surface area (Å²) in [6.45, 7) is 6.54. The number of morpholine rings is 1. The van der Waals surface area contributed by atoms with E-state index in [2.05, 4.69) is 48.2 Å². The fraction of sp³-hybridized carbons (Fsp3) is 0.909. The molecule has 0 N–H and O–H groups in total. The average molecular weight is 228 g/mol. The van der Waals surface area contributed by atoms with Crippen molar-refractivity contribution in [3.05, 3.63) is 0 Å². The van der Waals surface area contributed by atoms with E-state index in [4.69, 9.17) is 4.74 Å². The molecule has 5 nitrogen and oxygen atoms in total. The minimum absolute atomic E-state index is 0.800. The number of hydrogen-bond donors (Lipinski definition) is 0. The Morgan fingerprint density at radius 1 is 1.25 bits per heavy atom. The van der Waals surface area contributed by atoms with Crippen LogP contribution in [0.5, 0.6) is 0 Å². The fourth-order valence-corrected chi connectivity index (χ4v) is 1.47. The lowest BCUT2D eigenvalue weighted by Gasteiger charge is -2.26. The molecule has 1 fully saturated rings. The first kappa shape index (κ1) is 13.4. The van der Waals surface area contributed by atoms with E-state index in [1.165, 1.54) is 5.71 Å². The number of ether oxygens (including phenoxy) is 1. The summed E-state index contributed by atoms with van der Waals surface area (Å²) in [5.41, 5.74) is 1.19. The Bertz CT molecular complexity index is 224. The summed E-state index contributed by atoms with van der Waals surface area (Å²) in [5.74, 6) is 0. The maximum Gasteiger partial charge on any atom is 0.0659 e. The van der Waals surface area contributed by atoms with E-state index >= 15 is 0 Å². The van der Waals surface area contributed by atoms with Crippen LogP contribution in [0.25, 0.3) is 0 Å². The van der Waals surface area contributed by atoms with Gasteiger partial charge < -0.3 is 4.74 Å². The van der Waals surface area contributed by atoms with Crippen LogP contribution in [0.15, 0.2) is 5.10 Å². The van der Waals surface area contributed by atoms with E-state index < -0.39 is 0 Å². The van der Waals surface area contributed by atoms with Crippen molar-refractivity contribution >= 4 is 5.71 Å². The Balaban J connectivity index is 2.27. The summed E-state index contributed by atoms with van der Waals surface area (Å²) in [6, 6.07) is 0. The highest BCUT2D eigenvalue weighted by molar-refractivity contribution is 5.81. The standard InChI is InChI=1S/C11H24N4O/c1-11(5-6-14(4)13(2)3)12-15-7-9-16-10-8-15/h5-10H2,1-4H3/b12-11-. The summed E-state index contributed by atoms with van der Waals surface area (Å²) in [4.78, 5) is 0. The Kier molecular flexibility index (Phi) is 5.73. The maximum absolute atomic E-state index is 5.29. The first-order chi connectivity index (χ1) is 7.59. The molecule has 1 heterocycles. The molecule has 5 heteroatoms. The lowest BCUT2D eigenvalue weighted by molar-refractivity contribution is 0.0387. The predicted molar refractivity (Wildman–Crippen MR) is 66.4 cm³/mol. The second-order valence-electron chi connectivity index (χ2n) is 4.38. The van der Waals surface area contributed by atoms with Crippen molar-refractivity contribution in [1.29, 1.82) is 0 Å². The molecule has 1 rings (SSSR count). The van der Waals surface area contributed by atoms with Crippen molar-refractivity contribution < 1.29 is 4.74 Å². The van der Waals surface area contributed by atoms with Crippen molar-refractivity contribution in [2.75, 3.05) is 54.0 Å². The zero-order valence-corrected chi connectivity index (χ0v) is 10.9. The number of nitrogens with zero attached hydrogens (tertiary/aromatic N) is 4. The molecule has 0 aromatic carbocycles. The fourth-order valence-electron chi connectivity index (χ4n) is 1.47. The third kappa shape index (κ3) is 4.92. The van der Waals surface area contributed by atoms with Gasteiger partial charge in [-0.3, -0.25) is 5.01 Å². The zero-order valence-electron chi connectivity index (χ0n) is 10.9. The van der Waals surface area contributed by atoms with E-state index in [9.17, 15) is 0 Å². The molecule has 0 bridgehead atoms. The van der Waals surface area contributed by atoms with Gasteiger partial charge in [0.05, 0.1) is 26.3 Å². The summed E-state index contributed by atoms with van der Waals surface area (Å²) in [6.07, 6.45) is 1.01. The van der Waals surface area contributed by atoms with E-state index in [0.29, 0.717) is 0 Å². The quantitative estimate of drug-likeness (QED) is 0.506. The first-order valence-electron chi connectivity index (χ1n) is 5.84. The number of hydrazine groups is 1. The van der Waals surface area contributed by atoms with Crippen LogP contribution in [-0.2, 0) is 4.74 Å². The lowest BCUT2D eigenvalue weighted by Crippen LogP contribution is -2.35. The van der Waals surface area contributed by atoms with Gasteiger partial charge in [-0.05, 0) is 6.92 Å². The molecule has 1 saturated heterocycles. The van der Waals surface area contributed by atoms with Gasteiger partial charge in [0, 0.05) is 39.8 Å². The normalized spacial score (nSPS) is 18.6. The van der Waals surface area contributed by atoms with Crippen LogP contribution in [0, 0.1) is 0 Å². The predicted octanol–water partition coefficient (Wildman–Crippen LogP) is 0.493. The monoisotopic (exact) mass is 228 g/mol. The van der Waals surface area contributed by atoms with Crippen molar-refractivity contribution in [1.82, 2.24) is 15.0 Å². The van der Waals surface area contributed by atoms with Crippen LogP contribution in [0.1, 0.15) is 13.3 Å². The highest BCUT2D eigenvalue weighted by Crippen LogP contribution is 2.00. The average Bonchev–Trinajstić information content (AvgIpc) is 2.27. The van der Waals surface area contributed by atoms with Gasteiger partial charge in [0.15, 0.2) is 0 Å². The molecule has 0 spiro atoms. The van der Waals surface area contributed by atoms with Gasteiger partial charge in [0.1, 0.15) is 0 Å². The Hall–Kier alpha value is -0.650. The second-order valence-corrected chi connectivity index (χ2v) is 4.38. The molecule has 1 aliphatic rings. The topological polar surface area (TPSA) is 31.3 Å². The molecule has 0 aromatic rings. The van der Waals surface area contributed by atoms with Gasteiger partial charge >= 0.3 is 0 Å². The van der Waals surface area contributed by atoms with Gasteiger partial charge in [-0.15, -0.1) is 0 Å². The second kappa shape index (κ2) is 6.83.